The van der Waals surface area contributed by atoms with Gasteiger partial charge in [0.05, 0.1) is 16.1 Å². The van der Waals surface area contributed by atoms with Crippen molar-refractivity contribution in [3.05, 3.63) is 62.4 Å². The Morgan fingerprint density at radius 2 is 1.74 bits per heavy atom. The SMILES string of the molecule is OC(c1ccc(Cl)c2nc3n(c12)CCCOC3c1ccc(Cl)cc1Cl)(C1CC1)C1CC1. The summed E-state index contributed by atoms with van der Waals surface area (Å²) in [5.41, 5.74) is 2.68. The second kappa shape index (κ2) is 7.36. The number of ether oxygens (including phenoxy) is 1. The first kappa shape index (κ1) is 20.3. The number of hydrogen-bond donors (Lipinski definition) is 1. The topological polar surface area (TPSA) is 47.3 Å². The molecule has 0 spiro atoms. The smallest absolute Gasteiger partial charge is 0.143 e. The molecule has 6 rings (SSSR count). The van der Waals surface area contributed by atoms with E-state index in [2.05, 4.69) is 4.57 Å². The maximum atomic E-state index is 11.9. The third kappa shape index (κ3) is 3.22. The van der Waals surface area contributed by atoms with E-state index < -0.39 is 11.7 Å². The maximum Gasteiger partial charge on any atom is 0.143 e. The number of benzene rings is 2. The normalized spacial score (nSPS) is 21.9. The van der Waals surface area contributed by atoms with E-state index in [1.54, 1.807) is 6.07 Å². The number of nitrogens with zero attached hydrogens (tertiary/aromatic N) is 2. The van der Waals surface area contributed by atoms with E-state index in [1.807, 2.05) is 24.3 Å². The molecular formula is C24H23Cl3N2O2. The highest BCUT2D eigenvalue weighted by Crippen LogP contribution is 2.58. The van der Waals surface area contributed by atoms with Crippen LogP contribution in [0.3, 0.4) is 0 Å². The van der Waals surface area contributed by atoms with Crippen molar-refractivity contribution >= 4 is 45.8 Å². The van der Waals surface area contributed by atoms with Crippen molar-refractivity contribution in [2.75, 3.05) is 6.61 Å². The average molecular weight is 478 g/mol. The molecule has 0 bridgehead atoms. The summed E-state index contributed by atoms with van der Waals surface area (Å²) in [6.45, 7) is 1.35. The Morgan fingerprint density at radius 3 is 2.42 bits per heavy atom. The zero-order valence-corrected chi connectivity index (χ0v) is 19.2. The summed E-state index contributed by atoms with van der Waals surface area (Å²) in [5, 5.41) is 13.7. The number of halogens is 3. The lowest BCUT2D eigenvalue weighted by molar-refractivity contribution is -0.00908. The fourth-order valence-electron chi connectivity index (χ4n) is 5.24. The van der Waals surface area contributed by atoms with E-state index in [9.17, 15) is 5.11 Å². The number of aromatic nitrogens is 2. The van der Waals surface area contributed by atoms with Crippen LogP contribution in [0.25, 0.3) is 11.0 Å². The molecule has 31 heavy (non-hydrogen) atoms. The number of fused-ring (bicyclic) bond motifs is 3. The number of rotatable bonds is 4. The minimum absolute atomic E-state index is 0.319. The number of aliphatic hydroxyl groups is 1. The van der Waals surface area contributed by atoms with Crippen molar-refractivity contribution in [3.8, 4) is 0 Å². The summed E-state index contributed by atoms with van der Waals surface area (Å²) in [4.78, 5) is 4.97. The standard InChI is InChI=1S/C24H23Cl3N2O2/c25-15-6-7-16(19(27)12-15)22-23-28-20-18(26)9-8-17(21(20)29(23)10-1-11-31-22)24(30,13-2-3-13)14-4-5-14/h6-9,12-14,22,30H,1-5,10-11H2. The summed E-state index contributed by atoms with van der Waals surface area (Å²) in [5.74, 6) is 1.41. The zero-order valence-electron chi connectivity index (χ0n) is 17.0. The molecule has 1 aromatic heterocycles. The number of aryl methyl sites for hydroxylation is 1. The second-order valence-corrected chi connectivity index (χ2v) is 10.3. The van der Waals surface area contributed by atoms with Gasteiger partial charge in [-0.1, -0.05) is 46.9 Å². The van der Waals surface area contributed by atoms with Crippen LogP contribution in [0.1, 0.15) is 55.2 Å². The van der Waals surface area contributed by atoms with Gasteiger partial charge in [-0.05, 0) is 62.1 Å². The number of hydrogen-bond acceptors (Lipinski definition) is 3. The van der Waals surface area contributed by atoms with Gasteiger partial charge in [0, 0.05) is 34.3 Å². The largest absolute Gasteiger partial charge is 0.385 e. The molecule has 0 radical (unpaired) electrons. The van der Waals surface area contributed by atoms with Crippen molar-refractivity contribution in [3.63, 3.8) is 0 Å². The van der Waals surface area contributed by atoms with Gasteiger partial charge in [-0.2, -0.15) is 0 Å². The third-order valence-corrected chi connectivity index (χ3v) is 7.86. The zero-order chi connectivity index (χ0) is 21.3. The van der Waals surface area contributed by atoms with Crippen LogP contribution in [0.5, 0.6) is 0 Å². The Morgan fingerprint density at radius 1 is 1.00 bits per heavy atom. The molecule has 2 saturated carbocycles. The highest BCUT2D eigenvalue weighted by molar-refractivity contribution is 6.35. The van der Waals surface area contributed by atoms with Crippen LogP contribution < -0.4 is 0 Å². The van der Waals surface area contributed by atoms with Gasteiger partial charge in [-0.3, -0.25) is 0 Å². The molecule has 1 atom stereocenters. The lowest BCUT2D eigenvalue weighted by Gasteiger charge is -2.30. The summed E-state index contributed by atoms with van der Waals surface area (Å²) in [6, 6.07) is 9.36. The summed E-state index contributed by atoms with van der Waals surface area (Å²) in [6.07, 6.45) is 4.72. The van der Waals surface area contributed by atoms with Crippen molar-refractivity contribution in [1.82, 2.24) is 9.55 Å². The second-order valence-electron chi connectivity index (χ2n) is 9.06. The molecule has 0 amide bonds. The van der Waals surface area contributed by atoms with E-state index in [4.69, 9.17) is 44.5 Å². The highest BCUT2D eigenvalue weighted by atomic mass is 35.5. The molecule has 2 aromatic carbocycles. The molecule has 1 aliphatic heterocycles. The van der Waals surface area contributed by atoms with Gasteiger partial charge in [0.15, 0.2) is 0 Å². The fourth-order valence-corrected chi connectivity index (χ4v) is 5.94. The number of imidazole rings is 1. The molecule has 7 heteroatoms. The summed E-state index contributed by atoms with van der Waals surface area (Å²) < 4.78 is 8.44. The van der Waals surface area contributed by atoms with Crippen LogP contribution in [0.4, 0.5) is 0 Å². The molecule has 1 unspecified atom stereocenters. The van der Waals surface area contributed by atoms with E-state index in [1.165, 1.54) is 0 Å². The predicted molar refractivity (Wildman–Crippen MR) is 123 cm³/mol. The molecule has 162 valence electrons. The van der Waals surface area contributed by atoms with Crippen LogP contribution in [-0.4, -0.2) is 21.3 Å². The van der Waals surface area contributed by atoms with Gasteiger partial charge in [-0.15, -0.1) is 0 Å². The van der Waals surface area contributed by atoms with E-state index in [-0.39, 0.29) is 0 Å². The maximum absolute atomic E-state index is 11.9. The van der Waals surface area contributed by atoms with Crippen molar-refractivity contribution in [1.29, 1.82) is 0 Å². The Kier molecular flexibility index (Phi) is 4.82. The van der Waals surface area contributed by atoms with Gasteiger partial charge >= 0.3 is 0 Å². The lowest BCUT2D eigenvalue weighted by atomic mass is 9.83. The first-order valence-electron chi connectivity index (χ1n) is 11.0. The third-order valence-electron chi connectivity index (χ3n) is 7.00. The molecule has 4 nitrogen and oxygen atoms in total. The van der Waals surface area contributed by atoms with Crippen LogP contribution in [0.15, 0.2) is 30.3 Å². The molecule has 1 N–H and O–H groups in total. The molecule has 2 fully saturated rings. The van der Waals surface area contributed by atoms with Gasteiger partial charge < -0.3 is 14.4 Å². The minimum atomic E-state index is -0.805. The molecule has 2 heterocycles. The van der Waals surface area contributed by atoms with Gasteiger partial charge in [-0.25, -0.2) is 4.98 Å². The van der Waals surface area contributed by atoms with Crippen LogP contribution in [0.2, 0.25) is 15.1 Å². The van der Waals surface area contributed by atoms with Crippen LogP contribution in [-0.2, 0) is 16.9 Å². The van der Waals surface area contributed by atoms with E-state index >= 15 is 0 Å². The molecular weight excluding hydrogens is 455 g/mol. The van der Waals surface area contributed by atoms with Gasteiger partial charge in [0.1, 0.15) is 17.4 Å². The average Bonchev–Trinajstić information content (AvgIpc) is 3.64. The first-order valence-corrected chi connectivity index (χ1v) is 12.1. The Labute approximate surface area is 196 Å². The van der Waals surface area contributed by atoms with Crippen LogP contribution >= 0.6 is 34.8 Å². The molecule has 3 aliphatic rings. The lowest BCUT2D eigenvalue weighted by Crippen LogP contribution is -2.32. The Balaban J connectivity index is 1.59. The summed E-state index contributed by atoms with van der Waals surface area (Å²) in [7, 11) is 0. The Hall–Kier alpha value is -1.30. The fraction of sp³-hybridized carbons (Fsp3) is 0.458. The monoisotopic (exact) mass is 476 g/mol. The van der Waals surface area contributed by atoms with E-state index in [0.29, 0.717) is 33.5 Å². The van der Waals surface area contributed by atoms with Crippen molar-refractivity contribution in [2.24, 2.45) is 11.8 Å². The van der Waals surface area contributed by atoms with Crippen molar-refractivity contribution in [2.45, 2.75) is 50.4 Å². The summed E-state index contributed by atoms with van der Waals surface area (Å²) >= 11 is 19.3. The predicted octanol–water partition coefficient (Wildman–Crippen LogP) is 6.51. The minimum Gasteiger partial charge on any atom is -0.385 e. The van der Waals surface area contributed by atoms with Gasteiger partial charge in [0.2, 0.25) is 0 Å². The Bertz CT molecular complexity index is 1170. The highest BCUT2D eigenvalue weighted by Gasteiger charge is 2.55. The van der Waals surface area contributed by atoms with E-state index in [0.717, 1.165) is 66.6 Å². The molecule has 3 aromatic rings. The van der Waals surface area contributed by atoms with Gasteiger partial charge in [0.25, 0.3) is 0 Å². The molecule has 0 saturated heterocycles. The van der Waals surface area contributed by atoms with Crippen LogP contribution in [0, 0.1) is 11.8 Å². The quantitative estimate of drug-likeness (QED) is 0.466. The first-order chi connectivity index (χ1) is 15.0. The molecule has 2 aliphatic carbocycles. The van der Waals surface area contributed by atoms with Crippen molar-refractivity contribution < 1.29 is 9.84 Å².